The van der Waals surface area contributed by atoms with Gasteiger partial charge in [0.15, 0.2) is 0 Å². The number of hydrogen-bond donors (Lipinski definition) is 0. The fraction of sp³-hybridized carbons (Fsp3) is 0.0417. The molecule has 0 saturated carbocycles. The molecule has 0 aliphatic heterocycles. The van der Waals surface area contributed by atoms with Crippen molar-refractivity contribution in [1.29, 1.82) is 0 Å². The van der Waals surface area contributed by atoms with E-state index in [-0.39, 0.29) is 0 Å². The number of rotatable bonds is 2. The fourth-order valence-electron chi connectivity index (χ4n) is 3.35. The Morgan fingerprint density at radius 2 is 1.52 bits per heavy atom. The molecule has 0 bridgehead atoms. The zero-order valence-electron chi connectivity index (χ0n) is 15.0. The predicted octanol–water partition coefficient (Wildman–Crippen LogP) is 5.89. The summed E-state index contributed by atoms with van der Waals surface area (Å²) in [6.45, 7) is 2.07. The largest absolute Gasteiger partial charge is 0.425 e. The van der Waals surface area contributed by atoms with Crippen LogP contribution in [-0.2, 0) is 0 Å². The van der Waals surface area contributed by atoms with Crippen LogP contribution in [0.15, 0.2) is 100 Å². The molecular formula is C24H18N2O. The highest BCUT2D eigenvalue weighted by Crippen LogP contribution is 2.24. The normalized spacial score (nSPS) is 12.1. The van der Waals surface area contributed by atoms with Gasteiger partial charge in [-0.05, 0) is 31.2 Å². The van der Waals surface area contributed by atoms with Gasteiger partial charge in [-0.25, -0.2) is 0 Å². The molecule has 3 heteroatoms. The Balaban J connectivity index is 1.86. The summed E-state index contributed by atoms with van der Waals surface area (Å²) in [5, 5.41) is 1.17. The number of aryl methyl sites for hydroxylation is 1. The molecule has 0 radical (unpaired) electrons. The molecule has 27 heavy (non-hydrogen) atoms. The number of aromatic nitrogens is 1. The van der Waals surface area contributed by atoms with Gasteiger partial charge in [-0.3, -0.25) is 4.40 Å². The van der Waals surface area contributed by atoms with Crippen molar-refractivity contribution in [2.24, 2.45) is 4.99 Å². The lowest BCUT2D eigenvalue weighted by molar-refractivity contribution is 0.477. The van der Waals surface area contributed by atoms with Crippen LogP contribution in [0.4, 0.5) is 5.69 Å². The van der Waals surface area contributed by atoms with Crippen LogP contribution in [0, 0.1) is 6.92 Å². The summed E-state index contributed by atoms with van der Waals surface area (Å²) in [6, 6.07) is 30.8. The highest BCUT2D eigenvalue weighted by atomic mass is 16.3. The second-order valence-corrected chi connectivity index (χ2v) is 6.67. The third-order valence-corrected chi connectivity index (χ3v) is 4.73. The van der Waals surface area contributed by atoms with Crippen molar-refractivity contribution >= 4 is 22.1 Å². The first-order chi connectivity index (χ1) is 13.3. The maximum atomic E-state index is 6.27. The molecule has 0 spiro atoms. The first-order valence-electron chi connectivity index (χ1n) is 8.99. The molecule has 2 heterocycles. The molecule has 0 unspecified atom stereocenters. The zero-order chi connectivity index (χ0) is 18.2. The lowest BCUT2D eigenvalue weighted by atomic mass is 10.1. The maximum Gasteiger partial charge on any atom is 0.307 e. The van der Waals surface area contributed by atoms with E-state index in [1.165, 1.54) is 10.9 Å². The van der Waals surface area contributed by atoms with Gasteiger partial charge in [0.05, 0.1) is 16.7 Å². The van der Waals surface area contributed by atoms with Gasteiger partial charge >= 0.3 is 5.68 Å². The Labute approximate surface area is 156 Å². The molecule has 3 aromatic carbocycles. The fourth-order valence-corrected chi connectivity index (χ4v) is 3.35. The van der Waals surface area contributed by atoms with E-state index in [0.29, 0.717) is 5.68 Å². The van der Waals surface area contributed by atoms with Crippen LogP contribution in [0.5, 0.6) is 0 Å². The Bertz CT molecular complexity index is 1310. The van der Waals surface area contributed by atoms with Crippen molar-refractivity contribution in [2.75, 3.05) is 0 Å². The second kappa shape index (κ2) is 6.29. The Morgan fingerprint density at radius 1 is 0.778 bits per heavy atom. The standard InChI is InChI=1S/C24H18N2O/c1-17-11-13-20(14-12-17)25-24-26-21(15-19-9-5-6-10-22(19)26)16-23(27-24)18-7-3-2-4-8-18/h2-16H,1H3. The van der Waals surface area contributed by atoms with E-state index in [1.807, 2.05) is 54.6 Å². The van der Waals surface area contributed by atoms with E-state index in [9.17, 15) is 0 Å². The third kappa shape index (κ3) is 2.83. The van der Waals surface area contributed by atoms with Crippen molar-refractivity contribution < 1.29 is 4.42 Å². The van der Waals surface area contributed by atoms with Crippen LogP contribution in [0.25, 0.3) is 27.7 Å². The lowest BCUT2D eigenvalue weighted by Gasteiger charge is -2.04. The van der Waals surface area contributed by atoms with E-state index in [4.69, 9.17) is 9.41 Å². The minimum absolute atomic E-state index is 0.566. The zero-order valence-corrected chi connectivity index (χ0v) is 15.0. The molecule has 0 aliphatic rings. The number of hydrogen-bond acceptors (Lipinski definition) is 2. The van der Waals surface area contributed by atoms with Gasteiger partial charge in [-0.1, -0.05) is 66.2 Å². The van der Waals surface area contributed by atoms with Gasteiger partial charge in [-0.2, -0.15) is 4.99 Å². The Hall–Kier alpha value is -3.59. The minimum atomic E-state index is 0.566. The number of nitrogens with zero attached hydrogens (tertiary/aromatic N) is 2. The van der Waals surface area contributed by atoms with Crippen LogP contribution < -0.4 is 5.68 Å². The molecule has 0 amide bonds. The summed E-state index contributed by atoms with van der Waals surface area (Å²) in [5.41, 5.74) is 5.82. The van der Waals surface area contributed by atoms with Crippen molar-refractivity contribution in [2.45, 2.75) is 6.92 Å². The summed E-state index contributed by atoms with van der Waals surface area (Å²) in [6.07, 6.45) is 0. The van der Waals surface area contributed by atoms with Crippen molar-refractivity contribution in [3.8, 4) is 11.3 Å². The molecular weight excluding hydrogens is 332 g/mol. The molecule has 130 valence electrons. The highest BCUT2D eigenvalue weighted by Gasteiger charge is 2.09. The van der Waals surface area contributed by atoms with Gasteiger partial charge in [-0.15, -0.1) is 0 Å². The van der Waals surface area contributed by atoms with Gasteiger partial charge in [0.25, 0.3) is 0 Å². The molecule has 2 aromatic heterocycles. The van der Waals surface area contributed by atoms with Gasteiger partial charge < -0.3 is 4.42 Å². The van der Waals surface area contributed by atoms with Gasteiger partial charge in [0, 0.05) is 17.0 Å². The van der Waals surface area contributed by atoms with Crippen molar-refractivity contribution in [1.82, 2.24) is 4.40 Å². The SMILES string of the molecule is Cc1ccc(N=c2oc(-c3ccccc3)cc3cc4ccccc4n23)cc1. The highest BCUT2D eigenvalue weighted by molar-refractivity contribution is 5.87. The number of para-hydroxylation sites is 1. The molecule has 0 saturated heterocycles. The van der Waals surface area contributed by atoms with Crippen molar-refractivity contribution in [3.05, 3.63) is 102 Å². The predicted molar refractivity (Wildman–Crippen MR) is 109 cm³/mol. The average molecular weight is 350 g/mol. The summed E-state index contributed by atoms with van der Waals surface area (Å²) in [7, 11) is 0. The quantitative estimate of drug-likeness (QED) is 0.390. The van der Waals surface area contributed by atoms with E-state index in [0.717, 1.165) is 28.0 Å². The summed E-state index contributed by atoms with van der Waals surface area (Å²) in [4.78, 5) is 4.82. The van der Waals surface area contributed by atoms with Crippen LogP contribution in [-0.4, -0.2) is 4.40 Å². The first kappa shape index (κ1) is 15.6. The van der Waals surface area contributed by atoms with Crippen molar-refractivity contribution in [3.63, 3.8) is 0 Å². The maximum absolute atomic E-state index is 6.27. The summed E-state index contributed by atoms with van der Waals surface area (Å²) in [5.74, 6) is 0.803. The van der Waals surface area contributed by atoms with Crippen LogP contribution in [0.1, 0.15) is 5.56 Å². The summed E-state index contributed by atoms with van der Waals surface area (Å²) >= 11 is 0. The van der Waals surface area contributed by atoms with Crippen LogP contribution in [0.3, 0.4) is 0 Å². The van der Waals surface area contributed by atoms with E-state index in [2.05, 4.69) is 47.7 Å². The first-order valence-corrected chi connectivity index (χ1v) is 8.99. The average Bonchev–Trinajstić information content (AvgIpc) is 3.09. The Kier molecular flexibility index (Phi) is 3.65. The summed E-state index contributed by atoms with van der Waals surface area (Å²) < 4.78 is 8.34. The minimum Gasteiger partial charge on any atom is -0.425 e. The third-order valence-electron chi connectivity index (χ3n) is 4.73. The van der Waals surface area contributed by atoms with E-state index in [1.54, 1.807) is 0 Å². The molecule has 5 aromatic rings. The monoisotopic (exact) mass is 350 g/mol. The number of fused-ring (bicyclic) bond motifs is 3. The van der Waals surface area contributed by atoms with E-state index < -0.39 is 0 Å². The smallest absolute Gasteiger partial charge is 0.307 e. The van der Waals surface area contributed by atoms with Crippen LogP contribution in [0.2, 0.25) is 0 Å². The lowest BCUT2D eigenvalue weighted by Crippen LogP contribution is -2.13. The molecule has 3 nitrogen and oxygen atoms in total. The second-order valence-electron chi connectivity index (χ2n) is 6.67. The van der Waals surface area contributed by atoms with Gasteiger partial charge in [0.2, 0.25) is 0 Å². The molecule has 0 aliphatic carbocycles. The van der Waals surface area contributed by atoms with E-state index >= 15 is 0 Å². The van der Waals surface area contributed by atoms with Gasteiger partial charge in [0.1, 0.15) is 5.76 Å². The topological polar surface area (TPSA) is 29.9 Å². The molecule has 0 fully saturated rings. The number of benzene rings is 3. The molecule has 0 N–H and O–H groups in total. The molecule has 0 atom stereocenters. The Morgan fingerprint density at radius 3 is 2.33 bits per heavy atom. The molecule has 5 rings (SSSR count). The van der Waals surface area contributed by atoms with Crippen LogP contribution >= 0.6 is 0 Å².